The SMILES string of the molecule is COCCNCc1cc(Cl)ccc1Oc1ccc(I)cc1. The molecule has 0 bridgehead atoms. The number of rotatable bonds is 7. The highest BCUT2D eigenvalue weighted by molar-refractivity contribution is 14.1. The molecule has 0 saturated heterocycles. The van der Waals surface area contributed by atoms with Gasteiger partial charge in [-0.1, -0.05) is 11.6 Å². The number of hydrogen-bond acceptors (Lipinski definition) is 3. The van der Waals surface area contributed by atoms with Crippen molar-refractivity contribution in [3.8, 4) is 11.5 Å². The Balaban J connectivity index is 2.08. The van der Waals surface area contributed by atoms with Crippen LogP contribution in [0.15, 0.2) is 42.5 Å². The van der Waals surface area contributed by atoms with Crippen molar-refractivity contribution in [2.24, 2.45) is 0 Å². The Hall–Kier alpha value is -0.820. The lowest BCUT2D eigenvalue weighted by Gasteiger charge is -2.12. The summed E-state index contributed by atoms with van der Waals surface area (Å²) in [5.74, 6) is 1.63. The zero-order chi connectivity index (χ0) is 15.1. The summed E-state index contributed by atoms with van der Waals surface area (Å²) in [4.78, 5) is 0. The molecule has 0 amide bonds. The number of methoxy groups -OCH3 is 1. The van der Waals surface area contributed by atoms with Gasteiger partial charge in [-0.15, -0.1) is 0 Å². The Morgan fingerprint density at radius 1 is 1.14 bits per heavy atom. The maximum atomic E-state index is 6.07. The van der Waals surface area contributed by atoms with Crippen LogP contribution >= 0.6 is 34.2 Å². The highest BCUT2D eigenvalue weighted by Gasteiger charge is 2.06. The first kappa shape index (κ1) is 16.5. The molecule has 0 aliphatic rings. The summed E-state index contributed by atoms with van der Waals surface area (Å²) in [6, 6.07) is 13.6. The zero-order valence-electron chi connectivity index (χ0n) is 11.7. The minimum Gasteiger partial charge on any atom is -0.457 e. The van der Waals surface area contributed by atoms with Crippen molar-refractivity contribution in [2.75, 3.05) is 20.3 Å². The average Bonchev–Trinajstić information content (AvgIpc) is 2.48. The third-order valence-corrected chi connectivity index (χ3v) is 3.82. The van der Waals surface area contributed by atoms with Crippen LogP contribution < -0.4 is 10.1 Å². The van der Waals surface area contributed by atoms with Gasteiger partial charge in [0.05, 0.1) is 6.61 Å². The molecule has 2 rings (SSSR count). The normalized spacial score (nSPS) is 10.6. The number of halogens is 2. The van der Waals surface area contributed by atoms with E-state index >= 15 is 0 Å². The summed E-state index contributed by atoms with van der Waals surface area (Å²) < 4.78 is 12.1. The van der Waals surface area contributed by atoms with Crippen molar-refractivity contribution in [2.45, 2.75) is 6.54 Å². The van der Waals surface area contributed by atoms with Crippen molar-refractivity contribution >= 4 is 34.2 Å². The maximum Gasteiger partial charge on any atom is 0.132 e. The zero-order valence-corrected chi connectivity index (χ0v) is 14.6. The molecule has 0 aromatic heterocycles. The molecule has 5 heteroatoms. The number of benzene rings is 2. The molecule has 0 atom stereocenters. The van der Waals surface area contributed by atoms with Crippen molar-refractivity contribution in [1.82, 2.24) is 5.32 Å². The molecule has 1 N–H and O–H groups in total. The van der Waals surface area contributed by atoms with Gasteiger partial charge in [0, 0.05) is 34.4 Å². The predicted molar refractivity (Wildman–Crippen MR) is 94.3 cm³/mol. The van der Waals surface area contributed by atoms with Crippen LogP contribution in [-0.2, 0) is 11.3 Å². The van der Waals surface area contributed by atoms with Gasteiger partial charge in [-0.25, -0.2) is 0 Å². The Morgan fingerprint density at radius 3 is 2.62 bits per heavy atom. The molecular weight excluding hydrogens is 401 g/mol. The van der Waals surface area contributed by atoms with Gasteiger partial charge in [0.2, 0.25) is 0 Å². The molecule has 0 aliphatic heterocycles. The Bertz CT molecular complexity index is 575. The molecule has 0 radical (unpaired) electrons. The molecule has 2 aromatic carbocycles. The lowest BCUT2D eigenvalue weighted by atomic mass is 10.2. The molecule has 0 saturated carbocycles. The van der Waals surface area contributed by atoms with E-state index in [1.807, 2.05) is 42.5 Å². The summed E-state index contributed by atoms with van der Waals surface area (Å²) in [5.41, 5.74) is 1.03. The van der Waals surface area contributed by atoms with Crippen LogP contribution in [0.5, 0.6) is 11.5 Å². The van der Waals surface area contributed by atoms with E-state index in [4.69, 9.17) is 21.1 Å². The summed E-state index contributed by atoms with van der Waals surface area (Å²) in [7, 11) is 1.69. The van der Waals surface area contributed by atoms with Crippen LogP contribution in [0, 0.1) is 3.57 Å². The van der Waals surface area contributed by atoms with Crippen LogP contribution in [-0.4, -0.2) is 20.3 Å². The van der Waals surface area contributed by atoms with Gasteiger partial charge in [0.25, 0.3) is 0 Å². The Kier molecular flexibility index (Phi) is 6.76. The summed E-state index contributed by atoms with van der Waals surface area (Å²) in [6.07, 6.45) is 0. The molecular formula is C16H17ClINO2. The molecule has 0 spiro atoms. The van der Waals surface area contributed by atoms with Crippen LogP contribution in [0.25, 0.3) is 0 Å². The first-order valence-corrected chi connectivity index (χ1v) is 8.06. The fourth-order valence-electron chi connectivity index (χ4n) is 1.81. The van der Waals surface area contributed by atoms with E-state index in [0.29, 0.717) is 18.2 Å². The summed E-state index contributed by atoms with van der Waals surface area (Å²) >= 11 is 8.34. The monoisotopic (exact) mass is 417 g/mol. The first-order valence-electron chi connectivity index (χ1n) is 6.60. The van der Waals surface area contributed by atoms with E-state index in [1.54, 1.807) is 7.11 Å². The van der Waals surface area contributed by atoms with E-state index < -0.39 is 0 Å². The second kappa shape index (κ2) is 8.58. The first-order chi connectivity index (χ1) is 10.2. The fraction of sp³-hybridized carbons (Fsp3) is 0.250. The highest BCUT2D eigenvalue weighted by Crippen LogP contribution is 2.28. The quantitative estimate of drug-likeness (QED) is 0.532. The van der Waals surface area contributed by atoms with E-state index in [1.165, 1.54) is 3.57 Å². The maximum absolute atomic E-state index is 6.07. The molecule has 21 heavy (non-hydrogen) atoms. The second-order valence-electron chi connectivity index (χ2n) is 4.48. The minimum atomic E-state index is 0.674. The van der Waals surface area contributed by atoms with E-state index in [-0.39, 0.29) is 0 Å². The standard InChI is InChI=1S/C16H17ClINO2/c1-20-9-8-19-11-12-10-13(17)2-7-16(12)21-15-5-3-14(18)4-6-15/h2-7,10,19H,8-9,11H2,1H3. The van der Waals surface area contributed by atoms with E-state index in [0.717, 1.165) is 23.6 Å². The molecule has 0 fully saturated rings. The van der Waals surface area contributed by atoms with Gasteiger partial charge >= 0.3 is 0 Å². The number of hydrogen-bond donors (Lipinski definition) is 1. The van der Waals surface area contributed by atoms with E-state index in [9.17, 15) is 0 Å². The molecule has 0 aliphatic carbocycles. The smallest absolute Gasteiger partial charge is 0.132 e. The van der Waals surface area contributed by atoms with Gasteiger partial charge in [-0.3, -0.25) is 0 Å². The molecule has 112 valence electrons. The van der Waals surface area contributed by atoms with Crippen molar-refractivity contribution in [3.05, 3.63) is 56.6 Å². The summed E-state index contributed by atoms with van der Waals surface area (Å²) in [6.45, 7) is 2.14. The van der Waals surface area contributed by atoms with E-state index in [2.05, 4.69) is 27.9 Å². The predicted octanol–water partition coefficient (Wildman–Crippen LogP) is 4.47. The van der Waals surface area contributed by atoms with Crippen LogP contribution in [0.3, 0.4) is 0 Å². The topological polar surface area (TPSA) is 30.5 Å². The van der Waals surface area contributed by atoms with Gasteiger partial charge in [-0.2, -0.15) is 0 Å². The average molecular weight is 418 g/mol. The molecule has 0 unspecified atom stereocenters. The third-order valence-electron chi connectivity index (χ3n) is 2.86. The number of ether oxygens (including phenoxy) is 2. The van der Waals surface area contributed by atoms with Gasteiger partial charge in [0.15, 0.2) is 0 Å². The van der Waals surface area contributed by atoms with Gasteiger partial charge in [-0.05, 0) is 65.1 Å². The van der Waals surface area contributed by atoms with Crippen molar-refractivity contribution in [3.63, 3.8) is 0 Å². The van der Waals surface area contributed by atoms with Crippen LogP contribution in [0.2, 0.25) is 5.02 Å². The Labute approximate surface area is 143 Å². The van der Waals surface area contributed by atoms with Gasteiger partial charge < -0.3 is 14.8 Å². The third kappa shape index (κ3) is 5.47. The lowest BCUT2D eigenvalue weighted by molar-refractivity contribution is 0.199. The summed E-state index contributed by atoms with van der Waals surface area (Å²) in [5, 5.41) is 4.00. The fourth-order valence-corrected chi connectivity index (χ4v) is 2.37. The van der Waals surface area contributed by atoms with Crippen LogP contribution in [0.1, 0.15) is 5.56 Å². The number of nitrogens with one attached hydrogen (secondary N) is 1. The van der Waals surface area contributed by atoms with Crippen molar-refractivity contribution in [1.29, 1.82) is 0 Å². The Morgan fingerprint density at radius 2 is 1.90 bits per heavy atom. The second-order valence-corrected chi connectivity index (χ2v) is 6.16. The molecule has 2 aromatic rings. The highest BCUT2D eigenvalue weighted by atomic mass is 127. The minimum absolute atomic E-state index is 0.674. The molecule has 3 nitrogen and oxygen atoms in total. The lowest BCUT2D eigenvalue weighted by Crippen LogP contribution is -2.18. The molecule has 0 heterocycles. The van der Waals surface area contributed by atoms with Crippen molar-refractivity contribution < 1.29 is 9.47 Å². The largest absolute Gasteiger partial charge is 0.457 e. The van der Waals surface area contributed by atoms with Crippen LogP contribution in [0.4, 0.5) is 0 Å². The van der Waals surface area contributed by atoms with Gasteiger partial charge in [0.1, 0.15) is 11.5 Å².